The molecule has 4 bridgehead atoms. The number of aliphatic hydroxyl groups excluding tert-OH is 1. The van der Waals surface area contributed by atoms with E-state index in [2.05, 4.69) is 35.8 Å². The Morgan fingerprint density at radius 3 is 1.79 bits per heavy atom. The Kier molecular flexibility index (Phi) is 3.90. The van der Waals surface area contributed by atoms with Gasteiger partial charge in [0.1, 0.15) is 5.75 Å². The van der Waals surface area contributed by atoms with Crippen LogP contribution in [0.5, 0.6) is 5.75 Å². The number of aliphatic hydroxyl groups is 1. The lowest BCUT2D eigenvalue weighted by molar-refractivity contribution is -0.268. The molecule has 0 aliphatic carbocycles. The second kappa shape index (κ2) is 5.72. The summed E-state index contributed by atoms with van der Waals surface area (Å²) in [6, 6.07) is 7.69. The summed E-state index contributed by atoms with van der Waals surface area (Å²) in [6.45, 7) is 8.45. The molecule has 4 saturated heterocycles. The first-order valence-corrected chi connectivity index (χ1v) is 9.49. The summed E-state index contributed by atoms with van der Waals surface area (Å²) in [6.07, 6.45) is 4.60. The number of aromatic hydroxyl groups is 1. The Labute approximate surface area is 145 Å². The quantitative estimate of drug-likeness (QED) is 0.871. The number of phenols is 1. The number of rotatable bonds is 5. The Balaban J connectivity index is 1.70. The van der Waals surface area contributed by atoms with Gasteiger partial charge in [-0.1, -0.05) is 38.8 Å². The van der Waals surface area contributed by atoms with Crippen LogP contribution in [0.15, 0.2) is 24.3 Å². The van der Waals surface area contributed by atoms with Crippen LogP contribution in [0.3, 0.4) is 0 Å². The van der Waals surface area contributed by atoms with Crippen LogP contribution < -0.4 is 0 Å². The fraction of sp³-hybridized carbons (Fsp3) is 0.700. The first-order chi connectivity index (χ1) is 11.5. The molecule has 4 fully saturated rings. The van der Waals surface area contributed by atoms with E-state index in [0.717, 1.165) is 51.9 Å². The molecule has 4 heteroatoms. The van der Waals surface area contributed by atoms with E-state index in [1.54, 1.807) is 12.1 Å². The minimum atomic E-state index is -0.168. The van der Waals surface area contributed by atoms with E-state index < -0.39 is 0 Å². The average Bonchev–Trinajstić information content (AvgIpc) is 2.54. The van der Waals surface area contributed by atoms with Gasteiger partial charge in [0.05, 0.1) is 12.3 Å². The van der Waals surface area contributed by atoms with E-state index >= 15 is 0 Å². The molecule has 132 valence electrons. The number of benzene rings is 1. The van der Waals surface area contributed by atoms with Crippen LogP contribution in [-0.2, 0) is 0 Å². The Hall–Kier alpha value is -1.10. The van der Waals surface area contributed by atoms with Crippen molar-refractivity contribution in [3.05, 3.63) is 29.8 Å². The molecule has 0 amide bonds. The summed E-state index contributed by atoms with van der Waals surface area (Å²) in [4.78, 5) is 5.19. The molecular formula is C20H30N2O2. The highest BCUT2D eigenvalue weighted by Crippen LogP contribution is 2.57. The van der Waals surface area contributed by atoms with Crippen LogP contribution in [0.4, 0.5) is 0 Å². The van der Waals surface area contributed by atoms with Gasteiger partial charge in [0, 0.05) is 37.0 Å². The molecule has 24 heavy (non-hydrogen) atoms. The van der Waals surface area contributed by atoms with Crippen molar-refractivity contribution < 1.29 is 10.2 Å². The van der Waals surface area contributed by atoms with Gasteiger partial charge >= 0.3 is 0 Å². The topological polar surface area (TPSA) is 46.9 Å². The predicted octanol–water partition coefficient (Wildman–Crippen LogP) is 2.97. The van der Waals surface area contributed by atoms with Crippen LogP contribution in [0, 0.1) is 10.8 Å². The molecule has 4 aliphatic rings. The Morgan fingerprint density at radius 1 is 0.917 bits per heavy atom. The second-order valence-corrected chi connectivity index (χ2v) is 8.40. The molecule has 1 aromatic rings. The molecule has 0 saturated carbocycles. The van der Waals surface area contributed by atoms with Crippen LogP contribution >= 0.6 is 0 Å². The van der Waals surface area contributed by atoms with E-state index in [1.165, 1.54) is 5.56 Å². The maximum absolute atomic E-state index is 11.3. The number of phenolic OH excluding ortho intramolecular Hbond substituents is 1. The highest BCUT2D eigenvalue weighted by Gasteiger charge is 2.64. The highest BCUT2D eigenvalue weighted by molar-refractivity contribution is 5.30. The van der Waals surface area contributed by atoms with Gasteiger partial charge in [0.15, 0.2) is 0 Å². The van der Waals surface area contributed by atoms with Gasteiger partial charge < -0.3 is 10.2 Å². The fourth-order valence-corrected chi connectivity index (χ4v) is 6.06. The van der Waals surface area contributed by atoms with Crippen molar-refractivity contribution in [2.24, 2.45) is 10.8 Å². The number of hydrogen-bond acceptors (Lipinski definition) is 4. The average molecular weight is 330 g/mol. The molecule has 2 N–H and O–H groups in total. The lowest BCUT2D eigenvalue weighted by Gasteiger charge is -2.70. The van der Waals surface area contributed by atoms with Crippen LogP contribution in [-0.4, -0.2) is 52.3 Å². The SMILES string of the molecule is CCCC12CN3CC(CCC)(CN(C1)C3c1ccc(O)cc1)C2O. The molecule has 4 heterocycles. The minimum absolute atomic E-state index is 0.0356. The lowest BCUT2D eigenvalue weighted by Crippen LogP contribution is -2.78. The maximum atomic E-state index is 11.3. The lowest BCUT2D eigenvalue weighted by atomic mass is 9.56. The zero-order chi connectivity index (χ0) is 16.9. The highest BCUT2D eigenvalue weighted by atomic mass is 16.3. The van der Waals surface area contributed by atoms with E-state index in [-0.39, 0.29) is 16.9 Å². The van der Waals surface area contributed by atoms with Crippen molar-refractivity contribution in [2.45, 2.75) is 51.8 Å². The largest absolute Gasteiger partial charge is 0.508 e. The third-order valence-corrected chi connectivity index (χ3v) is 6.61. The van der Waals surface area contributed by atoms with Crippen molar-refractivity contribution in [2.75, 3.05) is 26.2 Å². The first kappa shape index (κ1) is 16.4. The van der Waals surface area contributed by atoms with Crippen molar-refractivity contribution in [1.82, 2.24) is 9.80 Å². The molecule has 0 atom stereocenters. The van der Waals surface area contributed by atoms with Crippen LogP contribution in [0.1, 0.15) is 51.3 Å². The van der Waals surface area contributed by atoms with E-state index in [4.69, 9.17) is 0 Å². The molecule has 4 aliphatic heterocycles. The monoisotopic (exact) mass is 330 g/mol. The molecule has 0 spiro atoms. The van der Waals surface area contributed by atoms with Gasteiger partial charge in [-0.25, -0.2) is 0 Å². The van der Waals surface area contributed by atoms with Gasteiger partial charge in [-0.2, -0.15) is 0 Å². The molecule has 0 radical (unpaired) electrons. The summed E-state index contributed by atoms with van der Waals surface area (Å²) >= 11 is 0. The normalized spacial score (nSPS) is 43.3. The zero-order valence-corrected chi connectivity index (χ0v) is 14.9. The summed E-state index contributed by atoms with van der Waals surface area (Å²) in [5.74, 6) is 0.327. The van der Waals surface area contributed by atoms with Crippen LogP contribution in [0.25, 0.3) is 0 Å². The maximum Gasteiger partial charge on any atom is 0.115 e. The standard InChI is InChI=1S/C20H30N2O2/c1-3-9-19-11-21-13-20(10-4-2,18(19)24)14-22(12-19)17(21)15-5-7-16(23)8-6-15/h5-8,17-18,23-24H,3-4,9-14H2,1-2H3. The van der Waals surface area contributed by atoms with Gasteiger partial charge in [-0.3, -0.25) is 9.80 Å². The van der Waals surface area contributed by atoms with Gasteiger partial charge in [-0.05, 0) is 30.5 Å². The summed E-state index contributed by atoms with van der Waals surface area (Å²) < 4.78 is 0. The second-order valence-electron chi connectivity index (χ2n) is 8.40. The minimum Gasteiger partial charge on any atom is -0.508 e. The van der Waals surface area contributed by atoms with Gasteiger partial charge in [-0.15, -0.1) is 0 Å². The van der Waals surface area contributed by atoms with Crippen molar-refractivity contribution >= 4 is 0 Å². The molecular weight excluding hydrogens is 300 g/mol. The Bertz CT molecular complexity index is 558. The fourth-order valence-electron chi connectivity index (χ4n) is 6.06. The molecule has 0 unspecified atom stereocenters. The van der Waals surface area contributed by atoms with Crippen molar-refractivity contribution in [3.63, 3.8) is 0 Å². The van der Waals surface area contributed by atoms with Crippen molar-refractivity contribution in [3.8, 4) is 5.75 Å². The molecule has 0 aromatic heterocycles. The van der Waals surface area contributed by atoms with E-state index in [1.807, 2.05) is 0 Å². The summed E-state index contributed by atoms with van der Waals surface area (Å²) in [5, 5.41) is 20.9. The van der Waals surface area contributed by atoms with Crippen LogP contribution in [0.2, 0.25) is 0 Å². The first-order valence-electron chi connectivity index (χ1n) is 9.49. The van der Waals surface area contributed by atoms with Crippen molar-refractivity contribution in [1.29, 1.82) is 0 Å². The van der Waals surface area contributed by atoms with E-state index in [9.17, 15) is 10.2 Å². The molecule has 4 nitrogen and oxygen atoms in total. The smallest absolute Gasteiger partial charge is 0.115 e. The third kappa shape index (κ3) is 2.23. The number of hydrogen-bond donors (Lipinski definition) is 2. The molecule has 1 aromatic carbocycles. The van der Waals surface area contributed by atoms with E-state index in [0.29, 0.717) is 11.9 Å². The Morgan fingerprint density at radius 2 is 1.38 bits per heavy atom. The summed E-state index contributed by atoms with van der Waals surface area (Å²) in [5.41, 5.74) is 1.33. The number of piperidine rings is 2. The number of nitrogens with zero attached hydrogens (tertiary/aromatic N) is 2. The molecule has 5 rings (SSSR count). The van der Waals surface area contributed by atoms with Gasteiger partial charge in [0.2, 0.25) is 0 Å². The zero-order valence-electron chi connectivity index (χ0n) is 14.9. The van der Waals surface area contributed by atoms with Gasteiger partial charge in [0.25, 0.3) is 0 Å². The predicted molar refractivity (Wildman–Crippen MR) is 94.7 cm³/mol. The third-order valence-electron chi connectivity index (χ3n) is 6.61. The summed E-state index contributed by atoms with van der Waals surface area (Å²) in [7, 11) is 0.